The zero-order chi connectivity index (χ0) is 17.4. The Morgan fingerprint density at radius 2 is 2.24 bits per heavy atom. The SMILES string of the molecule is CC1CC(NC(=O)c2cc(C3CC3)on2)CCN1Sc1cn(C)cn1. The maximum absolute atomic E-state index is 12.4. The van der Waals surface area contributed by atoms with E-state index in [1.807, 2.05) is 24.1 Å². The fourth-order valence-corrected chi connectivity index (χ4v) is 4.20. The summed E-state index contributed by atoms with van der Waals surface area (Å²) in [4.78, 5) is 16.8. The normalized spacial score (nSPS) is 24.4. The van der Waals surface area contributed by atoms with Crippen molar-refractivity contribution in [3.05, 3.63) is 30.0 Å². The van der Waals surface area contributed by atoms with E-state index >= 15 is 0 Å². The third kappa shape index (κ3) is 3.90. The van der Waals surface area contributed by atoms with Crippen LogP contribution in [0.4, 0.5) is 0 Å². The minimum Gasteiger partial charge on any atom is -0.360 e. The first-order valence-electron chi connectivity index (χ1n) is 8.78. The summed E-state index contributed by atoms with van der Waals surface area (Å²) >= 11 is 1.69. The lowest BCUT2D eigenvalue weighted by atomic mass is 10.0. The van der Waals surface area contributed by atoms with Crippen molar-refractivity contribution in [1.82, 2.24) is 24.3 Å². The van der Waals surface area contributed by atoms with E-state index in [9.17, 15) is 4.79 Å². The number of carbonyl (C=O) groups is 1. The summed E-state index contributed by atoms with van der Waals surface area (Å²) in [5.74, 6) is 1.19. The quantitative estimate of drug-likeness (QED) is 0.825. The highest BCUT2D eigenvalue weighted by Crippen LogP contribution is 2.40. The fourth-order valence-electron chi connectivity index (χ4n) is 3.19. The van der Waals surface area contributed by atoms with E-state index in [4.69, 9.17) is 4.52 Å². The van der Waals surface area contributed by atoms with Gasteiger partial charge in [-0.2, -0.15) is 0 Å². The van der Waals surface area contributed by atoms with E-state index < -0.39 is 0 Å². The van der Waals surface area contributed by atoms with Gasteiger partial charge in [0.15, 0.2) is 5.69 Å². The maximum Gasteiger partial charge on any atom is 0.273 e. The molecule has 8 heteroatoms. The maximum atomic E-state index is 12.4. The van der Waals surface area contributed by atoms with E-state index in [1.54, 1.807) is 18.0 Å². The van der Waals surface area contributed by atoms with Crippen LogP contribution in [0.5, 0.6) is 0 Å². The predicted octanol–water partition coefficient (Wildman–Crippen LogP) is 2.58. The molecular formula is C17H23N5O2S. The number of rotatable bonds is 5. The van der Waals surface area contributed by atoms with Gasteiger partial charge in [0.05, 0.1) is 6.33 Å². The van der Waals surface area contributed by atoms with Gasteiger partial charge in [-0.1, -0.05) is 5.16 Å². The summed E-state index contributed by atoms with van der Waals surface area (Å²) in [6, 6.07) is 2.33. The second-order valence-electron chi connectivity index (χ2n) is 7.04. The molecule has 1 saturated heterocycles. The molecule has 7 nitrogen and oxygen atoms in total. The number of nitrogens with zero attached hydrogens (tertiary/aromatic N) is 4. The molecule has 2 fully saturated rings. The van der Waals surface area contributed by atoms with Crippen LogP contribution in [0.3, 0.4) is 0 Å². The number of aromatic nitrogens is 3. The second kappa shape index (κ2) is 6.84. The lowest BCUT2D eigenvalue weighted by molar-refractivity contribution is 0.0906. The van der Waals surface area contributed by atoms with Crippen molar-refractivity contribution in [2.24, 2.45) is 7.05 Å². The first-order valence-corrected chi connectivity index (χ1v) is 9.56. The minimum atomic E-state index is -0.126. The highest BCUT2D eigenvalue weighted by atomic mass is 32.2. The molecule has 4 rings (SSSR count). The van der Waals surface area contributed by atoms with Crippen molar-refractivity contribution in [2.45, 2.75) is 55.6 Å². The summed E-state index contributed by atoms with van der Waals surface area (Å²) < 4.78 is 9.57. The molecule has 2 unspecified atom stereocenters. The van der Waals surface area contributed by atoms with E-state index in [0.717, 1.165) is 43.0 Å². The molecular weight excluding hydrogens is 338 g/mol. The van der Waals surface area contributed by atoms with Crippen molar-refractivity contribution in [2.75, 3.05) is 6.54 Å². The third-order valence-electron chi connectivity index (χ3n) is 4.78. The lowest BCUT2D eigenvalue weighted by Gasteiger charge is -2.36. The zero-order valence-corrected chi connectivity index (χ0v) is 15.3. The Balaban J connectivity index is 1.30. The second-order valence-corrected chi connectivity index (χ2v) is 8.11. The van der Waals surface area contributed by atoms with Crippen LogP contribution in [-0.4, -0.2) is 43.5 Å². The van der Waals surface area contributed by atoms with Gasteiger partial charge in [-0.3, -0.25) is 4.79 Å². The number of hydrogen-bond donors (Lipinski definition) is 1. The highest BCUT2D eigenvalue weighted by Gasteiger charge is 2.31. The zero-order valence-electron chi connectivity index (χ0n) is 14.5. The van der Waals surface area contributed by atoms with Gasteiger partial charge in [-0.05, 0) is 44.6 Å². The minimum absolute atomic E-state index is 0.126. The molecule has 1 aliphatic heterocycles. The lowest BCUT2D eigenvalue weighted by Crippen LogP contribution is -2.46. The molecule has 2 atom stereocenters. The molecule has 1 amide bonds. The van der Waals surface area contributed by atoms with Crippen LogP contribution in [0.15, 0.2) is 28.1 Å². The monoisotopic (exact) mass is 361 g/mol. The Hall–Kier alpha value is -1.80. The fraction of sp³-hybridized carbons (Fsp3) is 0.588. The van der Waals surface area contributed by atoms with Gasteiger partial charge < -0.3 is 14.4 Å². The van der Waals surface area contributed by atoms with Crippen molar-refractivity contribution >= 4 is 17.9 Å². The van der Waals surface area contributed by atoms with Crippen LogP contribution in [0.25, 0.3) is 0 Å². The first-order chi connectivity index (χ1) is 12.1. The van der Waals surface area contributed by atoms with Gasteiger partial charge in [-0.25, -0.2) is 9.29 Å². The average Bonchev–Trinajstić information content (AvgIpc) is 3.16. The molecule has 0 bridgehead atoms. The van der Waals surface area contributed by atoms with Gasteiger partial charge in [0.25, 0.3) is 5.91 Å². The Morgan fingerprint density at radius 3 is 2.92 bits per heavy atom. The van der Waals surface area contributed by atoms with Crippen molar-refractivity contribution in [3.63, 3.8) is 0 Å². The number of aryl methyl sites for hydroxylation is 1. The largest absolute Gasteiger partial charge is 0.360 e. The molecule has 1 aliphatic carbocycles. The number of imidazole rings is 1. The van der Waals surface area contributed by atoms with Crippen LogP contribution in [-0.2, 0) is 7.05 Å². The molecule has 1 saturated carbocycles. The number of piperidine rings is 1. The molecule has 0 spiro atoms. The van der Waals surface area contributed by atoms with Gasteiger partial charge >= 0.3 is 0 Å². The molecule has 2 aliphatic rings. The standard InChI is InChI=1S/C17H23N5O2S/c1-11-7-13(5-6-22(11)25-16-9-21(2)10-18-16)19-17(23)14-8-15(24-20-14)12-3-4-12/h8-13H,3-7H2,1-2H3,(H,19,23). The summed E-state index contributed by atoms with van der Waals surface area (Å²) in [7, 11) is 1.97. The Morgan fingerprint density at radius 1 is 1.40 bits per heavy atom. The Bertz CT molecular complexity index is 754. The molecule has 0 aromatic carbocycles. The summed E-state index contributed by atoms with van der Waals surface area (Å²) in [5.41, 5.74) is 0.403. The topological polar surface area (TPSA) is 76.2 Å². The molecule has 1 N–H and O–H groups in total. The van der Waals surface area contributed by atoms with Crippen molar-refractivity contribution < 1.29 is 9.32 Å². The first kappa shape index (κ1) is 16.7. The molecule has 134 valence electrons. The van der Waals surface area contributed by atoms with Crippen LogP contribution >= 0.6 is 11.9 Å². The summed E-state index contributed by atoms with van der Waals surface area (Å²) in [6.07, 6.45) is 7.95. The van der Waals surface area contributed by atoms with Crippen LogP contribution in [0.1, 0.15) is 54.8 Å². The molecule has 2 aromatic rings. The molecule has 2 aromatic heterocycles. The predicted molar refractivity (Wildman–Crippen MR) is 94.2 cm³/mol. The van der Waals surface area contributed by atoms with Crippen LogP contribution in [0, 0.1) is 0 Å². The number of carbonyl (C=O) groups excluding carboxylic acids is 1. The van der Waals surface area contributed by atoms with Crippen LogP contribution in [0.2, 0.25) is 0 Å². The van der Waals surface area contributed by atoms with E-state index in [-0.39, 0.29) is 11.9 Å². The van der Waals surface area contributed by atoms with E-state index in [0.29, 0.717) is 17.7 Å². The molecule has 3 heterocycles. The number of amides is 1. The summed E-state index contributed by atoms with van der Waals surface area (Å²) in [5, 5.41) is 8.04. The third-order valence-corrected chi connectivity index (χ3v) is 5.96. The highest BCUT2D eigenvalue weighted by molar-refractivity contribution is 7.97. The Kier molecular flexibility index (Phi) is 4.56. The van der Waals surface area contributed by atoms with Gasteiger partial charge in [0.1, 0.15) is 10.8 Å². The van der Waals surface area contributed by atoms with Crippen molar-refractivity contribution in [3.8, 4) is 0 Å². The van der Waals surface area contributed by atoms with Gasteiger partial charge in [0.2, 0.25) is 0 Å². The van der Waals surface area contributed by atoms with E-state index in [2.05, 4.69) is 26.7 Å². The number of nitrogens with one attached hydrogen (secondary N) is 1. The van der Waals surface area contributed by atoms with Crippen molar-refractivity contribution in [1.29, 1.82) is 0 Å². The van der Waals surface area contributed by atoms with Gasteiger partial charge in [-0.15, -0.1) is 0 Å². The Labute approximate surface area is 151 Å². The summed E-state index contributed by atoms with van der Waals surface area (Å²) in [6.45, 7) is 3.11. The number of hydrogen-bond acceptors (Lipinski definition) is 6. The van der Waals surface area contributed by atoms with Crippen LogP contribution < -0.4 is 5.32 Å². The molecule has 0 radical (unpaired) electrons. The molecule has 25 heavy (non-hydrogen) atoms. The van der Waals surface area contributed by atoms with E-state index in [1.165, 1.54) is 0 Å². The van der Waals surface area contributed by atoms with Gasteiger partial charge in [0, 0.05) is 43.9 Å². The average molecular weight is 361 g/mol. The smallest absolute Gasteiger partial charge is 0.273 e.